The van der Waals surface area contributed by atoms with E-state index in [1.807, 2.05) is 0 Å². The van der Waals surface area contributed by atoms with Gasteiger partial charge in [-0.3, -0.25) is 9.59 Å². The third kappa shape index (κ3) is 6.52. The summed E-state index contributed by atoms with van der Waals surface area (Å²) in [5.74, 6) is -0.779. The number of amides is 2. The first-order chi connectivity index (χ1) is 14.6. The topological polar surface area (TPSA) is 137 Å². The highest BCUT2D eigenvalue weighted by atomic mass is 32.2. The smallest absolute Gasteiger partial charge is 0.255 e. The van der Waals surface area contributed by atoms with Gasteiger partial charge in [-0.1, -0.05) is 6.07 Å². The number of carbonyl (C=O) groups excluding carboxylic acids is 2. The molecule has 0 unspecified atom stereocenters. The Morgan fingerprint density at radius 3 is 2.48 bits per heavy atom. The Bertz CT molecular complexity index is 1070. The van der Waals surface area contributed by atoms with Crippen LogP contribution in [0, 0.1) is 0 Å². The molecule has 11 heteroatoms. The molecule has 0 heterocycles. The second kappa shape index (κ2) is 10.5. The number of nitrogens with one attached hydrogen (secondary N) is 2. The molecule has 0 aliphatic heterocycles. The van der Waals surface area contributed by atoms with Crippen molar-refractivity contribution in [3.63, 3.8) is 0 Å². The number of phenolic OH excluding ortho intramolecular Hbond substituents is 1. The number of ether oxygens (including phenoxy) is 1. The molecule has 0 aromatic heterocycles. The molecule has 0 saturated heterocycles. The summed E-state index contributed by atoms with van der Waals surface area (Å²) in [6.07, 6.45) is 1.23. The fourth-order valence-corrected chi connectivity index (χ4v) is 3.63. The molecule has 0 atom stereocenters. The second-order valence-corrected chi connectivity index (χ2v) is 8.43. The van der Waals surface area contributed by atoms with Gasteiger partial charge in [0.1, 0.15) is 0 Å². The van der Waals surface area contributed by atoms with Crippen molar-refractivity contribution in [3.05, 3.63) is 48.0 Å². The third-order valence-electron chi connectivity index (χ3n) is 3.97. The lowest BCUT2D eigenvalue weighted by Crippen LogP contribution is -2.36. The van der Waals surface area contributed by atoms with Gasteiger partial charge in [-0.05, 0) is 43.3 Å². The molecule has 0 bridgehead atoms. The number of para-hydroxylation sites is 1. The van der Waals surface area contributed by atoms with Crippen LogP contribution in [0.4, 0.5) is 5.69 Å². The van der Waals surface area contributed by atoms with Crippen LogP contribution in [0.15, 0.2) is 52.5 Å². The van der Waals surface area contributed by atoms with Gasteiger partial charge in [0.15, 0.2) is 11.5 Å². The zero-order valence-corrected chi connectivity index (χ0v) is 18.1. The van der Waals surface area contributed by atoms with Crippen LogP contribution >= 0.6 is 0 Å². The molecule has 0 radical (unpaired) electrons. The standard InChI is InChI=1S/C20H24N4O6S/c1-4-30-18-7-5-6-15(20(18)27)12-21-23-19(26)13-24(3)31(28,29)17-10-8-16(9-11-17)22-14(2)25/h5-12,27H,4,13H2,1-3H3,(H,22,25)(H,23,26)/b21-12-. The van der Waals surface area contributed by atoms with Crippen molar-refractivity contribution in [1.82, 2.24) is 9.73 Å². The van der Waals surface area contributed by atoms with Gasteiger partial charge in [-0.15, -0.1) is 0 Å². The van der Waals surface area contributed by atoms with Gasteiger partial charge in [0.05, 0.1) is 24.3 Å². The van der Waals surface area contributed by atoms with Crippen LogP contribution in [-0.4, -0.2) is 56.1 Å². The van der Waals surface area contributed by atoms with Gasteiger partial charge in [0.25, 0.3) is 5.91 Å². The molecule has 31 heavy (non-hydrogen) atoms. The number of carbonyl (C=O) groups is 2. The van der Waals surface area contributed by atoms with Crippen LogP contribution in [0.1, 0.15) is 19.4 Å². The Hall–Kier alpha value is -3.44. The van der Waals surface area contributed by atoms with E-state index in [0.717, 1.165) is 4.31 Å². The Morgan fingerprint density at radius 2 is 1.87 bits per heavy atom. The van der Waals surface area contributed by atoms with Crippen LogP contribution in [0.2, 0.25) is 0 Å². The maximum Gasteiger partial charge on any atom is 0.255 e. The summed E-state index contributed by atoms with van der Waals surface area (Å²) in [5, 5.41) is 16.4. The lowest BCUT2D eigenvalue weighted by atomic mass is 10.2. The Morgan fingerprint density at radius 1 is 1.19 bits per heavy atom. The maximum atomic E-state index is 12.6. The summed E-state index contributed by atoms with van der Waals surface area (Å²) in [7, 11) is -2.66. The molecule has 2 aromatic rings. The summed E-state index contributed by atoms with van der Waals surface area (Å²) in [5.41, 5.74) is 3.00. The molecule has 2 aromatic carbocycles. The zero-order chi connectivity index (χ0) is 23.0. The number of sulfonamides is 1. The average molecular weight is 449 g/mol. The van der Waals surface area contributed by atoms with Gasteiger partial charge < -0.3 is 15.2 Å². The lowest BCUT2D eigenvalue weighted by Gasteiger charge is -2.16. The molecule has 0 spiro atoms. The molecule has 0 aliphatic rings. The van der Waals surface area contributed by atoms with Gasteiger partial charge in [-0.25, -0.2) is 13.8 Å². The largest absolute Gasteiger partial charge is 0.504 e. The first kappa shape index (κ1) is 23.8. The van der Waals surface area contributed by atoms with Crippen molar-refractivity contribution < 1.29 is 27.9 Å². The molecule has 0 aliphatic carbocycles. The molecule has 166 valence electrons. The van der Waals surface area contributed by atoms with E-state index in [2.05, 4.69) is 15.8 Å². The summed E-state index contributed by atoms with van der Waals surface area (Å²) >= 11 is 0. The van der Waals surface area contributed by atoms with E-state index in [0.29, 0.717) is 17.9 Å². The van der Waals surface area contributed by atoms with Crippen LogP contribution in [0.5, 0.6) is 11.5 Å². The van der Waals surface area contributed by atoms with Crippen LogP contribution in [0.3, 0.4) is 0 Å². The molecular weight excluding hydrogens is 424 g/mol. The van der Waals surface area contributed by atoms with Gasteiger partial charge >= 0.3 is 0 Å². The van der Waals surface area contributed by atoms with E-state index in [9.17, 15) is 23.1 Å². The molecule has 3 N–H and O–H groups in total. The number of aromatic hydroxyl groups is 1. The quantitative estimate of drug-likeness (QED) is 0.393. The Kier molecular flexibility index (Phi) is 8.11. The molecule has 2 rings (SSSR count). The summed E-state index contributed by atoms with van der Waals surface area (Å²) in [6.45, 7) is 3.03. The zero-order valence-electron chi connectivity index (χ0n) is 17.3. The normalized spacial score (nSPS) is 11.5. The van der Waals surface area contributed by atoms with E-state index in [1.165, 1.54) is 44.5 Å². The second-order valence-electron chi connectivity index (χ2n) is 6.39. The Balaban J connectivity index is 1.99. The van der Waals surface area contributed by atoms with E-state index in [4.69, 9.17) is 4.74 Å². The number of hydrazone groups is 1. The van der Waals surface area contributed by atoms with Crippen molar-refractivity contribution in [2.45, 2.75) is 18.7 Å². The fourth-order valence-electron chi connectivity index (χ4n) is 2.51. The molecule has 2 amide bonds. The monoisotopic (exact) mass is 448 g/mol. The predicted octanol–water partition coefficient (Wildman–Crippen LogP) is 1.52. The highest BCUT2D eigenvalue weighted by Crippen LogP contribution is 2.28. The molecule has 0 saturated carbocycles. The number of nitrogens with zero attached hydrogens (tertiary/aromatic N) is 2. The van der Waals surface area contributed by atoms with Crippen molar-refractivity contribution in [2.75, 3.05) is 25.5 Å². The van der Waals surface area contributed by atoms with Crippen LogP contribution < -0.4 is 15.5 Å². The minimum Gasteiger partial charge on any atom is -0.504 e. The number of likely N-dealkylation sites (N-methyl/N-ethyl adjacent to an activating group) is 1. The predicted molar refractivity (Wildman–Crippen MR) is 116 cm³/mol. The highest BCUT2D eigenvalue weighted by molar-refractivity contribution is 7.89. The summed E-state index contributed by atoms with van der Waals surface area (Å²) in [6, 6.07) is 10.4. The van der Waals surface area contributed by atoms with Gasteiger partial charge in [-0.2, -0.15) is 9.41 Å². The van der Waals surface area contributed by atoms with Gasteiger partial charge in [0, 0.05) is 25.2 Å². The van der Waals surface area contributed by atoms with Crippen molar-refractivity contribution in [3.8, 4) is 11.5 Å². The average Bonchev–Trinajstić information content (AvgIpc) is 2.70. The number of hydrogen-bond acceptors (Lipinski definition) is 7. The third-order valence-corrected chi connectivity index (χ3v) is 5.79. The minimum absolute atomic E-state index is 0.0296. The number of benzene rings is 2. The van der Waals surface area contributed by atoms with Crippen molar-refractivity contribution in [2.24, 2.45) is 5.10 Å². The number of anilines is 1. The van der Waals surface area contributed by atoms with E-state index >= 15 is 0 Å². The van der Waals surface area contributed by atoms with Crippen molar-refractivity contribution in [1.29, 1.82) is 0 Å². The van der Waals surface area contributed by atoms with E-state index < -0.39 is 22.5 Å². The number of hydrogen-bond donors (Lipinski definition) is 3. The molecule has 0 fully saturated rings. The molecular formula is C20H24N4O6S. The number of phenols is 1. The molecule has 10 nitrogen and oxygen atoms in total. The first-order valence-electron chi connectivity index (χ1n) is 9.25. The van der Waals surface area contributed by atoms with E-state index in [1.54, 1.807) is 25.1 Å². The fraction of sp³-hybridized carbons (Fsp3) is 0.250. The van der Waals surface area contributed by atoms with Crippen molar-refractivity contribution >= 4 is 33.7 Å². The summed E-state index contributed by atoms with van der Waals surface area (Å²) in [4.78, 5) is 23.1. The number of rotatable bonds is 9. The van der Waals surface area contributed by atoms with Gasteiger partial charge in [0.2, 0.25) is 15.9 Å². The SMILES string of the molecule is CCOc1cccc(/C=N\NC(=O)CN(C)S(=O)(=O)c2ccc(NC(C)=O)cc2)c1O. The summed E-state index contributed by atoms with van der Waals surface area (Å²) < 4.78 is 31.4. The minimum atomic E-state index is -3.92. The highest BCUT2D eigenvalue weighted by Gasteiger charge is 2.22. The Labute approximate surface area is 180 Å². The van der Waals surface area contributed by atoms with Crippen LogP contribution in [0.25, 0.3) is 0 Å². The maximum absolute atomic E-state index is 12.6. The first-order valence-corrected chi connectivity index (χ1v) is 10.7. The van der Waals surface area contributed by atoms with Crippen LogP contribution in [-0.2, 0) is 19.6 Å². The van der Waals surface area contributed by atoms with E-state index in [-0.39, 0.29) is 22.3 Å². The lowest BCUT2D eigenvalue weighted by molar-refractivity contribution is -0.121.